The zero-order valence-electron chi connectivity index (χ0n) is 9.10. The number of halogens is 10. The molecule has 0 bridgehead atoms. The monoisotopic (exact) mass is 330 g/mol. The van der Waals surface area contributed by atoms with Crippen molar-refractivity contribution >= 4 is 6.04 Å². The fraction of sp³-hybridized carbons (Fsp3) is 0.222. The molecule has 0 radical (unpaired) electrons. The highest BCUT2D eigenvalue weighted by Crippen LogP contribution is 2.40. The minimum atomic E-state index is -5.89. The minimum Gasteiger partial charge on any atom is -0.251 e. The molecule has 21 heavy (non-hydrogen) atoms. The quantitative estimate of drug-likeness (QED) is 0.365. The Hall–Kier alpha value is -1.85. The molecule has 12 heteroatoms. The third-order valence-corrected chi connectivity index (χ3v) is 1.99. The van der Waals surface area contributed by atoms with Crippen LogP contribution in [-0.4, -0.2) is 12.1 Å². The fourth-order valence-corrected chi connectivity index (χ4v) is 1.11. The van der Waals surface area contributed by atoms with Gasteiger partial charge in [0.2, 0.25) is 5.82 Å². The Labute approximate surface area is 107 Å². The van der Waals surface area contributed by atoms with Gasteiger partial charge in [0, 0.05) is 0 Å². The molecule has 1 rings (SSSR count). The van der Waals surface area contributed by atoms with Crippen molar-refractivity contribution < 1.29 is 53.4 Å². The molecular formula is C9F10O2. The summed E-state index contributed by atoms with van der Waals surface area (Å²) in [4.78, 5) is 9.66. The summed E-state index contributed by atoms with van der Waals surface area (Å²) < 4.78 is 129. The molecule has 0 aliphatic rings. The van der Waals surface area contributed by atoms with E-state index >= 15 is 0 Å². The second kappa shape index (κ2) is 5.16. The summed E-state index contributed by atoms with van der Waals surface area (Å²) in [6.07, 6.45) is -11.8. The van der Waals surface area contributed by atoms with Crippen molar-refractivity contribution in [2.75, 3.05) is 0 Å². The fourth-order valence-electron chi connectivity index (χ4n) is 1.11. The molecular weight excluding hydrogens is 330 g/mol. The summed E-state index contributed by atoms with van der Waals surface area (Å²) in [5.74, 6) is -14.9. The van der Waals surface area contributed by atoms with Gasteiger partial charge in [-0.25, -0.2) is 26.7 Å². The molecule has 0 unspecified atom stereocenters. The molecule has 0 fully saturated rings. The first-order valence-corrected chi connectivity index (χ1v) is 4.50. The van der Waals surface area contributed by atoms with E-state index in [1.165, 1.54) is 0 Å². The van der Waals surface area contributed by atoms with Crippen LogP contribution in [0.4, 0.5) is 43.9 Å². The maximum atomic E-state index is 13.1. The molecule has 0 N–H and O–H groups in total. The first-order valence-electron chi connectivity index (χ1n) is 4.50. The first kappa shape index (κ1) is 17.2. The SMILES string of the molecule is O=C(F)C(F)(F)OC(F)(F)c1c(F)c(F)c(F)c(F)c1F. The number of rotatable bonds is 4. The number of carbonyl (C=O) groups is 1. The van der Waals surface area contributed by atoms with Crippen LogP contribution in [0.2, 0.25) is 0 Å². The van der Waals surface area contributed by atoms with Crippen molar-refractivity contribution in [3.63, 3.8) is 0 Å². The van der Waals surface area contributed by atoms with Crippen LogP contribution >= 0.6 is 0 Å². The summed E-state index contributed by atoms with van der Waals surface area (Å²) in [5, 5.41) is 0. The molecule has 1 aromatic rings. The van der Waals surface area contributed by atoms with E-state index in [1.807, 2.05) is 0 Å². The molecule has 0 saturated carbocycles. The Morgan fingerprint density at radius 2 is 1.10 bits per heavy atom. The zero-order valence-corrected chi connectivity index (χ0v) is 9.10. The van der Waals surface area contributed by atoms with E-state index in [0.29, 0.717) is 0 Å². The van der Waals surface area contributed by atoms with Crippen molar-refractivity contribution in [3.05, 3.63) is 34.6 Å². The Morgan fingerprint density at radius 3 is 1.43 bits per heavy atom. The Morgan fingerprint density at radius 1 is 0.762 bits per heavy atom. The van der Waals surface area contributed by atoms with Gasteiger partial charge in [0.25, 0.3) is 0 Å². The third kappa shape index (κ3) is 2.94. The normalized spacial score (nSPS) is 12.7. The predicted octanol–water partition coefficient (Wildman–Crippen LogP) is 3.54. The predicted molar refractivity (Wildman–Crippen MR) is 42.3 cm³/mol. The van der Waals surface area contributed by atoms with Crippen LogP contribution in [0.25, 0.3) is 0 Å². The molecule has 0 aromatic heterocycles. The van der Waals surface area contributed by atoms with Crippen molar-refractivity contribution in [1.29, 1.82) is 0 Å². The molecule has 118 valence electrons. The van der Waals surface area contributed by atoms with E-state index in [2.05, 4.69) is 4.74 Å². The van der Waals surface area contributed by atoms with Gasteiger partial charge in [0.05, 0.1) is 0 Å². The van der Waals surface area contributed by atoms with Crippen molar-refractivity contribution in [2.24, 2.45) is 0 Å². The van der Waals surface area contributed by atoms with Gasteiger partial charge in [-0.2, -0.15) is 22.0 Å². The summed E-state index contributed by atoms with van der Waals surface area (Å²) in [6, 6.07) is -3.77. The standard InChI is InChI=1S/C9F10O2/c10-2-1(3(11)5(13)6(14)4(2)12)8(16,17)21-9(18,19)7(15)20. The molecule has 0 heterocycles. The van der Waals surface area contributed by atoms with Gasteiger partial charge in [-0.15, -0.1) is 0 Å². The second-order valence-corrected chi connectivity index (χ2v) is 3.35. The Bertz CT molecular complexity index is 568. The summed E-state index contributed by atoms with van der Waals surface area (Å²) in [5.41, 5.74) is -3.10. The van der Waals surface area contributed by atoms with Gasteiger partial charge >= 0.3 is 18.3 Å². The lowest BCUT2D eigenvalue weighted by Crippen LogP contribution is -2.37. The van der Waals surface area contributed by atoms with Crippen LogP contribution in [0.5, 0.6) is 0 Å². The molecule has 0 spiro atoms. The molecule has 2 nitrogen and oxygen atoms in total. The topological polar surface area (TPSA) is 26.3 Å². The van der Waals surface area contributed by atoms with Crippen molar-refractivity contribution in [3.8, 4) is 0 Å². The Balaban J connectivity index is 3.49. The lowest BCUT2D eigenvalue weighted by atomic mass is 10.1. The molecule has 0 aliphatic heterocycles. The number of ether oxygens (including phenoxy) is 1. The largest absolute Gasteiger partial charge is 0.453 e. The van der Waals surface area contributed by atoms with Crippen molar-refractivity contribution in [2.45, 2.75) is 12.2 Å². The van der Waals surface area contributed by atoms with E-state index in [4.69, 9.17) is 0 Å². The third-order valence-electron chi connectivity index (χ3n) is 1.99. The number of benzene rings is 1. The van der Waals surface area contributed by atoms with Crippen LogP contribution in [-0.2, 0) is 15.6 Å². The molecule has 1 aromatic carbocycles. The van der Waals surface area contributed by atoms with Crippen molar-refractivity contribution in [1.82, 2.24) is 0 Å². The van der Waals surface area contributed by atoms with Gasteiger partial charge in [-0.05, 0) is 0 Å². The number of hydrogen-bond acceptors (Lipinski definition) is 2. The van der Waals surface area contributed by atoms with E-state index in [0.717, 1.165) is 0 Å². The number of alkyl halides is 4. The average Bonchev–Trinajstić information content (AvgIpc) is 2.32. The minimum absolute atomic E-state index is 2.26. The van der Waals surface area contributed by atoms with E-state index in [9.17, 15) is 48.7 Å². The Kier molecular flexibility index (Phi) is 4.23. The molecule has 0 saturated heterocycles. The summed E-state index contributed by atoms with van der Waals surface area (Å²) >= 11 is 0. The second-order valence-electron chi connectivity index (χ2n) is 3.35. The lowest BCUT2D eigenvalue weighted by Gasteiger charge is -2.21. The highest BCUT2D eigenvalue weighted by molar-refractivity contribution is 5.74. The van der Waals surface area contributed by atoms with Gasteiger partial charge in [-0.1, -0.05) is 0 Å². The van der Waals surface area contributed by atoms with E-state index in [1.54, 1.807) is 0 Å². The van der Waals surface area contributed by atoms with Crippen LogP contribution in [0.1, 0.15) is 5.56 Å². The van der Waals surface area contributed by atoms with Gasteiger partial charge < -0.3 is 0 Å². The first-order chi connectivity index (χ1) is 9.33. The van der Waals surface area contributed by atoms with Crippen LogP contribution in [0.3, 0.4) is 0 Å². The molecule has 0 atom stereocenters. The molecule has 0 amide bonds. The number of carbonyl (C=O) groups excluding carboxylic acids is 1. The van der Waals surface area contributed by atoms with Crippen LogP contribution < -0.4 is 0 Å². The maximum absolute atomic E-state index is 13.1. The summed E-state index contributed by atoms with van der Waals surface area (Å²) in [7, 11) is 0. The van der Waals surface area contributed by atoms with Crippen LogP contribution in [0.15, 0.2) is 0 Å². The van der Waals surface area contributed by atoms with Gasteiger partial charge in [-0.3, -0.25) is 4.79 Å². The zero-order chi connectivity index (χ0) is 16.7. The summed E-state index contributed by atoms with van der Waals surface area (Å²) in [6.45, 7) is 0. The van der Waals surface area contributed by atoms with E-state index < -0.39 is 52.9 Å². The highest BCUT2D eigenvalue weighted by atomic mass is 19.3. The lowest BCUT2D eigenvalue weighted by molar-refractivity contribution is -0.370. The number of hydrogen-bond donors (Lipinski definition) is 0. The van der Waals surface area contributed by atoms with Crippen LogP contribution in [0, 0.1) is 29.1 Å². The highest BCUT2D eigenvalue weighted by Gasteiger charge is 2.54. The maximum Gasteiger partial charge on any atom is 0.453 e. The van der Waals surface area contributed by atoms with E-state index in [-0.39, 0.29) is 0 Å². The average molecular weight is 330 g/mol. The van der Waals surface area contributed by atoms with Gasteiger partial charge in [0.1, 0.15) is 5.56 Å². The smallest absolute Gasteiger partial charge is 0.251 e. The molecule has 0 aliphatic carbocycles. The van der Waals surface area contributed by atoms with Gasteiger partial charge in [0.15, 0.2) is 23.3 Å².